The van der Waals surface area contributed by atoms with Crippen LogP contribution < -0.4 is 20.3 Å². The molecule has 6 heteroatoms. The third-order valence-electron chi connectivity index (χ3n) is 4.30. The van der Waals surface area contributed by atoms with Crippen molar-refractivity contribution in [1.29, 1.82) is 0 Å². The Labute approximate surface area is 149 Å². The Bertz CT molecular complexity index is 1030. The van der Waals surface area contributed by atoms with Crippen molar-refractivity contribution in [3.8, 4) is 11.5 Å². The van der Waals surface area contributed by atoms with Crippen LogP contribution in [0.25, 0.3) is 10.9 Å². The van der Waals surface area contributed by atoms with Crippen molar-refractivity contribution < 1.29 is 14.3 Å². The summed E-state index contributed by atoms with van der Waals surface area (Å²) >= 11 is 0. The number of aromatic nitrogens is 1. The zero-order valence-electron chi connectivity index (χ0n) is 14.1. The van der Waals surface area contributed by atoms with Gasteiger partial charge in [0.2, 0.25) is 0 Å². The highest BCUT2D eigenvalue weighted by Crippen LogP contribution is 2.30. The predicted octanol–water partition coefficient (Wildman–Crippen LogP) is 2.27. The molecule has 0 radical (unpaired) electrons. The van der Waals surface area contributed by atoms with Crippen molar-refractivity contribution in [1.82, 2.24) is 10.3 Å². The normalized spacial score (nSPS) is 12.8. The molecule has 0 bridgehead atoms. The van der Waals surface area contributed by atoms with E-state index in [2.05, 4.69) is 10.3 Å². The Balaban J connectivity index is 1.43. The number of rotatable bonds is 4. The van der Waals surface area contributed by atoms with Gasteiger partial charge in [-0.1, -0.05) is 24.3 Å². The lowest BCUT2D eigenvalue weighted by atomic mass is 10.1. The van der Waals surface area contributed by atoms with Crippen LogP contribution >= 0.6 is 0 Å². The monoisotopic (exact) mass is 350 g/mol. The van der Waals surface area contributed by atoms with Crippen LogP contribution in [0.15, 0.2) is 53.3 Å². The number of fused-ring (bicyclic) bond motifs is 2. The minimum absolute atomic E-state index is 0.117. The second kappa shape index (κ2) is 6.92. The van der Waals surface area contributed by atoms with Crippen LogP contribution in [0.1, 0.15) is 15.9 Å². The van der Waals surface area contributed by atoms with Crippen molar-refractivity contribution in [3.63, 3.8) is 0 Å². The number of nitrogens with one attached hydrogen (secondary N) is 2. The highest BCUT2D eigenvalue weighted by molar-refractivity contribution is 5.97. The topological polar surface area (TPSA) is 80.4 Å². The predicted molar refractivity (Wildman–Crippen MR) is 98.0 cm³/mol. The molecule has 1 aliphatic rings. The second-order valence-electron chi connectivity index (χ2n) is 6.08. The van der Waals surface area contributed by atoms with Crippen molar-refractivity contribution in [3.05, 3.63) is 70.0 Å². The molecule has 0 aliphatic carbocycles. The molecule has 26 heavy (non-hydrogen) atoms. The standard InChI is InChI=1S/C20H18N2O4/c23-19(15-12-14-3-1-2-4-16(14)22-20(15)24)21-8-7-13-5-6-17-18(11-13)26-10-9-25-17/h1-6,11-12H,7-10H2,(H,21,23)(H,22,24). The molecule has 0 saturated carbocycles. The van der Waals surface area contributed by atoms with E-state index in [0.717, 1.165) is 22.4 Å². The van der Waals surface area contributed by atoms with Gasteiger partial charge in [-0.25, -0.2) is 0 Å². The van der Waals surface area contributed by atoms with E-state index in [0.29, 0.717) is 31.7 Å². The van der Waals surface area contributed by atoms with Crippen LogP contribution in [0.5, 0.6) is 11.5 Å². The fraction of sp³-hybridized carbons (Fsp3) is 0.200. The van der Waals surface area contributed by atoms with Crippen molar-refractivity contribution in [2.24, 2.45) is 0 Å². The summed E-state index contributed by atoms with van der Waals surface area (Å²) in [5.74, 6) is 1.09. The minimum atomic E-state index is -0.388. The number of H-pyrrole nitrogens is 1. The number of hydrogen-bond donors (Lipinski definition) is 2. The summed E-state index contributed by atoms with van der Waals surface area (Å²) in [4.78, 5) is 27.2. The smallest absolute Gasteiger partial charge is 0.261 e. The summed E-state index contributed by atoms with van der Waals surface area (Å²) < 4.78 is 11.1. The minimum Gasteiger partial charge on any atom is -0.486 e. The molecule has 0 spiro atoms. The van der Waals surface area contributed by atoms with E-state index in [1.807, 2.05) is 36.4 Å². The van der Waals surface area contributed by atoms with Crippen LogP contribution in [0.2, 0.25) is 0 Å². The summed E-state index contributed by atoms with van der Waals surface area (Å²) in [6, 6.07) is 14.7. The van der Waals surface area contributed by atoms with E-state index in [4.69, 9.17) is 9.47 Å². The van der Waals surface area contributed by atoms with Gasteiger partial charge in [0.1, 0.15) is 18.8 Å². The van der Waals surface area contributed by atoms with Gasteiger partial charge in [-0.05, 0) is 41.6 Å². The summed E-state index contributed by atoms with van der Waals surface area (Å²) in [5, 5.41) is 3.63. The van der Waals surface area contributed by atoms with Gasteiger partial charge in [-0.15, -0.1) is 0 Å². The highest BCUT2D eigenvalue weighted by Gasteiger charge is 2.13. The molecule has 2 N–H and O–H groups in total. The lowest BCUT2D eigenvalue weighted by Crippen LogP contribution is -2.31. The van der Waals surface area contributed by atoms with Gasteiger partial charge >= 0.3 is 0 Å². The van der Waals surface area contributed by atoms with Crippen LogP contribution in [0, 0.1) is 0 Å². The molecule has 0 fully saturated rings. The molecule has 6 nitrogen and oxygen atoms in total. The van der Waals surface area contributed by atoms with Gasteiger partial charge < -0.3 is 19.8 Å². The Morgan fingerprint density at radius 1 is 1.04 bits per heavy atom. The molecule has 0 saturated heterocycles. The average molecular weight is 350 g/mol. The third-order valence-corrected chi connectivity index (χ3v) is 4.30. The molecule has 1 aromatic heterocycles. The van der Waals surface area contributed by atoms with Gasteiger partial charge in [0, 0.05) is 12.1 Å². The molecular formula is C20H18N2O4. The Morgan fingerprint density at radius 3 is 2.73 bits per heavy atom. The maximum absolute atomic E-state index is 12.4. The van der Waals surface area contributed by atoms with Crippen LogP contribution in [0.4, 0.5) is 0 Å². The maximum Gasteiger partial charge on any atom is 0.261 e. The van der Waals surface area contributed by atoms with Gasteiger partial charge in [0.05, 0.1) is 0 Å². The lowest BCUT2D eigenvalue weighted by Gasteiger charge is -2.18. The van der Waals surface area contributed by atoms with Gasteiger partial charge in [0.25, 0.3) is 11.5 Å². The lowest BCUT2D eigenvalue weighted by molar-refractivity contribution is 0.0953. The fourth-order valence-corrected chi connectivity index (χ4v) is 2.97. The first kappa shape index (κ1) is 16.2. The Kier molecular flexibility index (Phi) is 4.31. The molecule has 0 atom stereocenters. The Hall–Kier alpha value is -3.28. The molecule has 1 aliphatic heterocycles. The number of hydrogen-bond acceptors (Lipinski definition) is 4. The zero-order valence-corrected chi connectivity index (χ0v) is 14.1. The first-order valence-electron chi connectivity index (χ1n) is 8.49. The van der Waals surface area contributed by atoms with Gasteiger partial charge in [-0.2, -0.15) is 0 Å². The number of para-hydroxylation sites is 1. The molecule has 4 rings (SSSR count). The SMILES string of the molecule is O=C(NCCc1ccc2c(c1)OCCO2)c1cc2ccccc2[nH]c1=O. The van der Waals surface area contributed by atoms with Gasteiger partial charge in [-0.3, -0.25) is 9.59 Å². The fourth-order valence-electron chi connectivity index (χ4n) is 2.97. The molecule has 132 valence electrons. The molecule has 3 aromatic rings. The van der Waals surface area contributed by atoms with E-state index >= 15 is 0 Å². The first-order valence-corrected chi connectivity index (χ1v) is 8.49. The molecule has 2 aromatic carbocycles. The number of aromatic amines is 1. The maximum atomic E-state index is 12.4. The zero-order chi connectivity index (χ0) is 17.9. The highest BCUT2D eigenvalue weighted by atomic mass is 16.6. The molecular weight excluding hydrogens is 332 g/mol. The number of carbonyl (C=O) groups is 1. The second-order valence-corrected chi connectivity index (χ2v) is 6.08. The van der Waals surface area contributed by atoms with Crippen LogP contribution in [-0.4, -0.2) is 30.6 Å². The summed E-state index contributed by atoms with van der Waals surface area (Å²) in [7, 11) is 0. The number of carbonyl (C=O) groups excluding carboxylic acids is 1. The van der Waals surface area contributed by atoms with Crippen LogP contribution in [-0.2, 0) is 6.42 Å². The van der Waals surface area contributed by atoms with E-state index in [1.54, 1.807) is 12.1 Å². The van der Waals surface area contributed by atoms with Crippen LogP contribution in [0.3, 0.4) is 0 Å². The number of pyridine rings is 1. The third kappa shape index (κ3) is 3.26. The Morgan fingerprint density at radius 2 is 1.85 bits per heavy atom. The number of amides is 1. The average Bonchev–Trinajstić information content (AvgIpc) is 2.67. The van der Waals surface area contributed by atoms with Crippen molar-refractivity contribution in [2.45, 2.75) is 6.42 Å². The van der Waals surface area contributed by atoms with Crippen molar-refractivity contribution >= 4 is 16.8 Å². The molecule has 0 unspecified atom stereocenters. The quantitative estimate of drug-likeness (QED) is 0.756. The summed E-state index contributed by atoms with van der Waals surface area (Å²) in [6.07, 6.45) is 0.633. The largest absolute Gasteiger partial charge is 0.486 e. The molecule has 1 amide bonds. The molecule has 2 heterocycles. The number of benzene rings is 2. The van der Waals surface area contributed by atoms with E-state index in [1.165, 1.54) is 0 Å². The van der Waals surface area contributed by atoms with E-state index in [9.17, 15) is 9.59 Å². The van der Waals surface area contributed by atoms with Crippen molar-refractivity contribution in [2.75, 3.05) is 19.8 Å². The summed E-state index contributed by atoms with van der Waals surface area (Å²) in [6.45, 7) is 1.52. The first-order chi connectivity index (χ1) is 12.7. The number of ether oxygens (including phenoxy) is 2. The van der Waals surface area contributed by atoms with E-state index < -0.39 is 0 Å². The summed E-state index contributed by atoms with van der Waals surface area (Å²) in [5.41, 5.74) is 1.47. The van der Waals surface area contributed by atoms with E-state index in [-0.39, 0.29) is 17.0 Å². The van der Waals surface area contributed by atoms with Gasteiger partial charge in [0.15, 0.2) is 11.5 Å².